The lowest BCUT2D eigenvalue weighted by Crippen LogP contribution is -2.52. The first kappa shape index (κ1) is 35.1. The molecule has 0 spiro atoms. The summed E-state index contributed by atoms with van der Waals surface area (Å²) in [5, 5.41) is 14.1. The number of pyridine rings is 1. The van der Waals surface area contributed by atoms with E-state index in [1.807, 2.05) is 23.4 Å². The minimum atomic E-state index is -0.300. The Hall–Kier alpha value is -3.92. The molecular weight excluding hydrogens is 654 g/mol. The number of rotatable bonds is 10. The predicted molar refractivity (Wildman–Crippen MR) is 199 cm³/mol. The first-order chi connectivity index (χ1) is 25.1. The van der Waals surface area contributed by atoms with Gasteiger partial charge in [0.25, 0.3) is 0 Å². The van der Waals surface area contributed by atoms with Crippen LogP contribution in [0.15, 0.2) is 48.9 Å². The zero-order chi connectivity index (χ0) is 36.1. The van der Waals surface area contributed by atoms with E-state index in [1.165, 1.54) is 17.5 Å². The first-order valence-corrected chi connectivity index (χ1v) is 19.7. The van der Waals surface area contributed by atoms with Crippen LogP contribution in [-0.4, -0.2) is 76.2 Å². The molecule has 278 valence electrons. The average Bonchev–Trinajstić information content (AvgIpc) is 3.64. The quantitative estimate of drug-likeness (QED) is 0.234. The highest BCUT2D eigenvalue weighted by Gasteiger charge is 2.51. The maximum absolute atomic E-state index is 14.7. The fourth-order valence-corrected chi connectivity index (χ4v) is 9.88. The maximum Gasteiger partial charge on any atom is 0.410 e. The second-order valence-corrected chi connectivity index (χ2v) is 17.1. The summed E-state index contributed by atoms with van der Waals surface area (Å²) in [6, 6.07) is 10.8. The summed E-state index contributed by atoms with van der Waals surface area (Å²) in [4.78, 5) is 36.0. The minimum Gasteiger partial charge on any atom is -0.496 e. The number of hydrogen-bond acceptors (Lipinski definition) is 7. The summed E-state index contributed by atoms with van der Waals surface area (Å²) in [6.45, 7) is 6.28. The lowest BCUT2D eigenvalue weighted by molar-refractivity contribution is -0.124. The molecule has 3 heterocycles. The van der Waals surface area contributed by atoms with Crippen LogP contribution in [-0.2, 0) is 20.5 Å². The van der Waals surface area contributed by atoms with E-state index in [0.717, 1.165) is 74.1 Å². The largest absolute Gasteiger partial charge is 0.496 e. The number of aromatic nitrogens is 3. The molecule has 0 radical (unpaired) electrons. The van der Waals surface area contributed by atoms with Crippen LogP contribution in [0.3, 0.4) is 0 Å². The summed E-state index contributed by atoms with van der Waals surface area (Å²) in [5.41, 5.74) is 5.02. The Morgan fingerprint density at radius 2 is 1.69 bits per heavy atom. The molecule has 2 amide bonds. The van der Waals surface area contributed by atoms with E-state index >= 15 is 0 Å². The summed E-state index contributed by atoms with van der Waals surface area (Å²) < 4.78 is 13.5. The minimum absolute atomic E-state index is 0.0523. The summed E-state index contributed by atoms with van der Waals surface area (Å²) in [7, 11) is 1.74. The van der Waals surface area contributed by atoms with Crippen LogP contribution in [0.1, 0.15) is 102 Å². The Kier molecular flexibility index (Phi) is 9.33. The van der Waals surface area contributed by atoms with Crippen LogP contribution in [0.2, 0.25) is 0 Å². The van der Waals surface area contributed by atoms with Crippen molar-refractivity contribution in [3.8, 4) is 16.9 Å². The highest BCUT2D eigenvalue weighted by molar-refractivity contribution is 5.95. The zero-order valence-corrected chi connectivity index (χ0v) is 31.2. The second-order valence-electron chi connectivity index (χ2n) is 17.1. The van der Waals surface area contributed by atoms with E-state index in [2.05, 4.69) is 49.0 Å². The number of fused-ring (bicyclic) bond motifs is 3. The van der Waals surface area contributed by atoms with Crippen molar-refractivity contribution in [2.24, 2.45) is 17.3 Å². The topological polar surface area (TPSA) is 110 Å². The summed E-state index contributed by atoms with van der Waals surface area (Å²) >= 11 is 0. The van der Waals surface area contributed by atoms with Gasteiger partial charge < -0.3 is 19.5 Å². The molecule has 1 saturated heterocycles. The van der Waals surface area contributed by atoms with Gasteiger partial charge in [0, 0.05) is 56.0 Å². The van der Waals surface area contributed by atoms with Gasteiger partial charge in [0.15, 0.2) is 0 Å². The van der Waals surface area contributed by atoms with E-state index in [-0.39, 0.29) is 52.9 Å². The molecule has 2 aromatic heterocycles. The Labute approximate surface area is 307 Å². The Morgan fingerprint density at radius 3 is 2.33 bits per heavy atom. The second kappa shape index (κ2) is 13.8. The van der Waals surface area contributed by atoms with Gasteiger partial charge in [-0.1, -0.05) is 12.1 Å². The van der Waals surface area contributed by atoms with Crippen LogP contribution >= 0.6 is 0 Å². The molecule has 6 fully saturated rings. The Morgan fingerprint density at radius 1 is 0.962 bits per heavy atom. The lowest BCUT2D eigenvalue weighted by atomic mass is 9.51. The van der Waals surface area contributed by atoms with Crippen molar-refractivity contribution in [1.29, 1.82) is 0 Å². The molecule has 52 heavy (non-hydrogen) atoms. The van der Waals surface area contributed by atoms with Crippen molar-refractivity contribution in [2.75, 3.05) is 38.3 Å². The standard InChI is InChI=1S/C42H55N5O5/c1-29-21-34(7-10-36(29)51-3)42-17-14-41(15-18-42,16-19-42)28-46(37-22-32(11-20-43-37)33-23-44-47(26-33)40(2)12-4-13-40)38(49)31-5-8-35(9-6-31)52-39(50)45-24-30(25-45)27-48/h7,10-11,20-23,26,30-31,35,48H,4-6,8-9,12-19,24-25,27-28H2,1-3H3/t31-,35-,41?,42?. The number of nitrogens with zero attached hydrogens (tertiary/aromatic N) is 5. The number of carbonyl (C=O) groups is 2. The number of anilines is 1. The van der Waals surface area contributed by atoms with Gasteiger partial charge in [0.1, 0.15) is 17.7 Å². The Bertz CT molecular complexity index is 1760. The summed E-state index contributed by atoms with van der Waals surface area (Å²) in [6.07, 6.45) is 18.3. The number of aryl methyl sites for hydroxylation is 1. The third-order valence-electron chi connectivity index (χ3n) is 13.9. The van der Waals surface area contributed by atoms with Gasteiger partial charge in [0.05, 0.1) is 18.8 Å². The third kappa shape index (κ3) is 6.49. The number of benzene rings is 1. The van der Waals surface area contributed by atoms with E-state index in [4.69, 9.17) is 19.6 Å². The highest BCUT2D eigenvalue weighted by Crippen LogP contribution is 2.58. The van der Waals surface area contributed by atoms with Gasteiger partial charge in [0.2, 0.25) is 5.91 Å². The van der Waals surface area contributed by atoms with Crippen molar-refractivity contribution in [2.45, 2.75) is 114 Å². The zero-order valence-electron chi connectivity index (χ0n) is 31.2. The van der Waals surface area contributed by atoms with Crippen LogP contribution < -0.4 is 9.64 Å². The van der Waals surface area contributed by atoms with Crippen molar-refractivity contribution >= 4 is 17.8 Å². The molecule has 3 aromatic rings. The van der Waals surface area contributed by atoms with Gasteiger partial charge >= 0.3 is 6.09 Å². The number of likely N-dealkylation sites (tertiary alicyclic amines) is 1. The number of methoxy groups -OCH3 is 1. The summed E-state index contributed by atoms with van der Waals surface area (Å²) in [5.74, 6) is 1.81. The molecule has 5 aliphatic carbocycles. The maximum atomic E-state index is 14.7. The molecule has 0 atom stereocenters. The molecule has 10 heteroatoms. The van der Waals surface area contributed by atoms with Gasteiger partial charge in [-0.3, -0.25) is 14.4 Å². The number of hydrogen-bond donors (Lipinski definition) is 1. The fourth-order valence-electron chi connectivity index (χ4n) is 9.88. The van der Waals surface area contributed by atoms with E-state index < -0.39 is 0 Å². The molecule has 0 unspecified atom stereocenters. The molecule has 10 nitrogen and oxygen atoms in total. The lowest BCUT2D eigenvalue weighted by Gasteiger charge is -2.55. The molecule has 1 aromatic carbocycles. The van der Waals surface area contributed by atoms with Gasteiger partial charge in [-0.25, -0.2) is 9.78 Å². The number of aliphatic hydroxyl groups excluding tert-OH is 1. The average molecular weight is 710 g/mol. The molecular formula is C42H55N5O5. The molecule has 5 saturated carbocycles. The van der Waals surface area contributed by atoms with Crippen LogP contribution in [0.5, 0.6) is 5.75 Å². The van der Waals surface area contributed by atoms with Crippen LogP contribution in [0.25, 0.3) is 11.1 Å². The molecule has 2 bridgehead atoms. The molecule has 6 aliphatic rings. The van der Waals surface area contributed by atoms with Crippen molar-refractivity contribution in [3.63, 3.8) is 0 Å². The number of aliphatic hydroxyl groups is 1. The first-order valence-electron chi connectivity index (χ1n) is 19.7. The number of amides is 2. The Balaban J connectivity index is 1.00. The van der Waals surface area contributed by atoms with Gasteiger partial charge in [-0.05, 0) is 143 Å². The molecule has 1 N–H and O–H groups in total. The van der Waals surface area contributed by atoms with Gasteiger partial charge in [-0.15, -0.1) is 0 Å². The molecule has 1 aliphatic heterocycles. The van der Waals surface area contributed by atoms with Crippen molar-refractivity contribution < 1.29 is 24.2 Å². The predicted octanol–water partition coefficient (Wildman–Crippen LogP) is 7.41. The van der Waals surface area contributed by atoms with E-state index in [9.17, 15) is 14.7 Å². The molecule has 9 rings (SSSR count). The third-order valence-corrected chi connectivity index (χ3v) is 13.9. The number of ether oxygens (including phenoxy) is 2. The van der Waals surface area contributed by atoms with Gasteiger partial charge in [-0.2, -0.15) is 5.10 Å². The van der Waals surface area contributed by atoms with Crippen molar-refractivity contribution in [1.82, 2.24) is 19.7 Å². The highest BCUT2D eigenvalue weighted by atomic mass is 16.6. The number of carbonyl (C=O) groups excluding carboxylic acids is 2. The van der Waals surface area contributed by atoms with Crippen LogP contribution in [0.4, 0.5) is 10.6 Å². The van der Waals surface area contributed by atoms with Crippen molar-refractivity contribution in [3.05, 3.63) is 60.0 Å². The SMILES string of the molecule is COc1ccc(C23CCC(CN(c4cc(-c5cnn(C6(C)CCC6)c5)ccn4)C(=O)[C@H]4CC[C@H](OC(=O)N5CC(CO)C5)CC4)(CC2)CC3)cc1C. The fraction of sp³-hybridized carbons (Fsp3) is 0.619. The van der Waals surface area contributed by atoms with Crippen LogP contribution in [0, 0.1) is 24.2 Å². The monoisotopic (exact) mass is 709 g/mol. The van der Waals surface area contributed by atoms with E-state index in [1.54, 1.807) is 12.0 Å². The normalized spacial score (nSPS) is 28.1. The van der Waals surface area contributed by atoms with E-state index in [0.29, 0.717) is 45.3 Å². The smallest absolute Gasteiger partial charge is 0.410 e.